The molecule has 2 aromatic heterocycles. The normalized spacial score (nSPS) is 17.1. The molecule has 0 spiro atoms. The zero-order valence-corrected chi connectivity index (χ0v) is 30.8. The van der Waals surface area contributed by atoms with Crippen LogP contribution in [0.4, 0.5) is 0 Å². The number of fused-ring (bicyclic) bond motifs is 2. The molecule has 0 aliphatic heterocycles. The lowest BCUT2D eigenvalue weighted by Gasteiger charge is -2.23. The molecule has 0 radical (unpaired) electrons. The Labute approximate surface area is 327 Å². The van der Waals surface area contributed by atoms with Crippen molar-refractivity contribution in [3.63, 3.8) is 0 Å². The molecule has 0 bridgehead atoms. The van der Waals surface area contributed by atoms with Crippen LogP contribution in [0.1, 0.15) is 30.1 Å². The lowest BCUT2D eigenvalue weighted by atomic mass is 9.82. The molecule has 3 aliphatic rings. The van der Waals surface area contributed by atoms with E-state index < -0.39 is 0 Å². The quantitative estimate of drug-likeness (QED) is 0.165. The summed E-state index contributed by atoms with van der Waals surface area (Å²) in [5.74, 6) is 2.64. The Bertz CT molecular complexity index is 2780. The van der Waals surface area contributed by atoms with Crippen molar-refractivity contribution in [1.29, 1.82) is 0 Å². The minimum atomic E-state index is 0.0776. The summed E-state index contributed by atoms with van der Waals surface area (Å²) in [4.78, 5) is 20.1. The summed E-state index contributed by atoms with van der Waals surface area (Å²) in [6, 6.07) is 45.2. The minimum Gasteiger partial charge on any atom is -0.256 e. The SMILES string of the molecule is C1=CCC(c2nc(-c3ccccc3)nc(-c3cc(-c4ccc(C5=C6C=CC=CC6CC=C5)cc4)cc(-c4ccc(-c5cccc6cccnc56)cc4)c3)n2)C=C1. The van der Waals surface area contributed by atoms with Crippen molar-refractivity contribution < 1.29 is 0 Å². The number of hydrogen-bond acceptors (Lipinski definition) is 4. The molecule has 0 amide bonds. The molecule has 7 aromatic rings. The fourth-order valence-electron chi connectivity index (χ4n) is 8.06. The van der Waals surface area contributed by atoms with Gasteiger partial charge in [0.25, 0.3) is 0 Å². The van der Waals surface area contributed by atoms with Crippen molar-refractivity contribution in [1.82, 2.24) is 19.9 Å². The van der Waals surface area contributed by atoms with E-state index in [1.165, 1.54) is 16.7 Å². The van der Waals surface area contributed by atoms with Gasteiger partial charge in [0, 0.05) is 40.1 Å². The van der Waals surface area contributed by atoms with Gasteiger partial charge in [-0.05, 0) is 81.6 Å². The van der Waals surface area contributed by atoms with Crippen molar-refractivity contribution in [2.45, 2.75) is 18.8 Å². The topological polar surface area (TPSA) is 51.6 Å². The highest BCUT2D eigenvalue weighted by Crippen LogP contribution is 2.38. The summed E-state index contributed by atoms with van der Waals surface area (Å²) in [5, 5.41) is 1.13. The third-order valence-corrected chi connectivity index (χ3v) is 11.0. The Morgan fingerprint density at radius 2 is 1.11 bits per heavy atom. The standard InChI is InChI=1S/C52H38N4/c1-3-13-41(14-4-1)50-54-51(42-15-5-2-6-16-42)56-52(55-50)45-33-43(35-23-27-38(28-24-35)47-21-9-17-37-12-7-8-20-46(37)47)32-44(34-45)36-25-29-39(30-26-36)48-22-10-18-40-19-11-31-53-49(40)48/h1-15,18-34,37,42H,16-17H2. The lowest BCUT2D eigenvalue weighted by Crippen LogP contribution is -2.08. The van der Waals surface area contributed by atoms with Gasteiger partial charge in [-0.1, -0.05) is 164 Å². The van der Waals surface area contributed by atoms with Crippen molar-refractivity contribution in [2.75, 3.05) is 0 Å². The molecular weight excluding hydrogens is 681 g/mol. The molecule has 4 nitrogen and oxygen atoms in total. The van der Waals surface area contributed by atoms with Gasteiger partial charge in [0.15, 0.2) is 11.6 Å². The van der Waals surface area contributed by atoms with Crippen LogP contribution in [-0.2, 0) is 0 Å². The van der Waals surface area contributed by atoms with E-state index in [0.717, 1.165) is 74.1 Å². The third-order valence-electron chi connectivity index (χ3n) is 11.0. The van der Waals surface area contributed by atoms with E-state index in [4.69, 9.17) is 19.9 Å². The van der Waals surface area contributed by atoms with Crippen LogP contribution >= 0.6 is 0 Å². The maximum atomic E-state index is 5.18. The molecule has 0 fully saturated rings. The average Bonchev–Trinajstić information content (AvgIpc) is 3.29. The van der Waals surface area contributed by atoms with Gasteiger partial charge in [0.1, 0.15) is 5.82 Å². The van der Waals surface area contributed by atoms with Gasteiger partial charge < -0.3 is 0 Å². The van der Waals surface area contributed by atoms with E-state index in [0.29, 0.717) is 17.6 Å². The highest BCUT2D eigenvalue weighted by atomic mass is 15.0. The summed E-state index contributed by atoms with van der Waals surface area (Å²) in [5.41, 5.74) is 13.5. The molecule has 3 aliphatic carbocycles. The van der Waals surface area contributed by atoms with Crippen LogP contribution in [0.3, 0.4) is 0 Å². The van der Waals surface area contributed by atoms with Crippen LogP contribution in [0.15, 0.2) is 200 Å². The maximum absolute atomic E-state index is 5.18. The number of para-hydroxylation sites is 1. The van der Waals surface area contributed by atoms with E-state index in [1.54, 1.807) is 0 Å². The van der Waals surface area contributed by atoms with Gasteiger partial charge in [-0.3, -0.25) is 4.98 Å². The molecule has 5 aromatic carbocycles. The first-order valence-corrected chi connectivity index (χ1v) is 19.3. The van der Waals surface area contributed by atoms with Crippen LogP contribution in [0.25, 0.3) is 72.6 Å². The number of benzene rings is 5. The molecule has 0 saturated carbocycles. The number of allylic oxidation sites excluding steroid dienone is 12. The van der Waals surface area contributed by atoms with E-state index in [2.05, 4.69) is 164 Å². The van der Waals surface area contributed by atoms with Crippen molar-refractivity contribution in [2.24, 2.45) is 5.92 Å². The molecular formula is C52H38N4. The van der Waals surface area contributed by atoms with Gasteiger partial charge in [-0.25, -0.2) is 15.0 Å². The molecule has 10 rings (SSSR count). The Balaban J connectivity index is 1.10. The summed E-state index contributed by atoms with van der Waals surface area (Å²) in [7, 11) is 0. The Morgan fingerprint density at radius 3 is 1.88 bits per heavy atom. The first-order valence-electron chi connectivity index (χ1n) is 19.3. The van der Waals surface area contributed by atoms with Crippen molar-refractivity contribution in [3.05, 3.63) is 211 Å². The van der Waals surface area contributed by atoms with Crippen molar-refractivity contribution >= 4 is 16.5 Å². The predicted octanol–water partition coefficient (Wildman–Crippen LogP) is 12.8. The van der Waals surface area contributed by atoms with Crippen LogP contribution in [-0.4, -0.2) is 19.9 Å². The maximum Gasteiger partial charge on any atom is 0.163 e. The Kier molecular flexibility index (Phi) is 8.77. The molecule has 266 valence electrons. The van der Waals surface area contributed by atoms with Gasteiger partial charge in [0.2, 0.25) is 0 Å². The summed E-state index contributed by atoms with van der Waals surface area (Å²) < 4.78 is 0. The van der Waals surface area contributed by atoms with Crippen LogP contribution < -0.4 is 0 Å². The largest absolute Gasteiger partial charge is 0.256 e. The van der Waals surface area contributed by atoms with Gasteiger partial charge in [-0.15, -0.1) is 0 Å². The zero-order chi connectivity index (χ0) is 37.3. The van der Waals surface area contributed by atoms with E-state index in [9.17, 15) is 0 Å². The van der Waals surface area contributed by atoms with Gasteiger partial charge in [0.05, 0.1) is 5.52 Å². The monoisotopic (exact) mass is 718 g/mol. The number of hydrogen-bond donors (Lipinski definition) is 0. The number of rotatable bonds is 7. The lowest BCUT2D eigenvalue weighted by molar-refractivity contribution is 0.764. The van der Waals surface area contributed by atoms with E-state index in [-0.39, 0.29) is 5.92 Å². The molecule has 4 heteroatoms. The first-order chi connectivity index (χ1) is 27.7. The van der Waals surface area contributed by atoms with Crippen LogP contribution in [0.5, 0.6) is 0 Å². The predicted molar refractivity (Wildman–Crippen MR) is 230 cm³/mol. The average molecular weight is 719 g/mol. The minimum absolute atomic E-state index is 0.0776. The second kappa shape index (κ2) is 14.7. The fourth-order valence-corrected chi connectivity index (χ4v) is 8.06. The van der Waals surface area contributed by atoms with Crippen LogP contribution in [0, 0.1) is 5.92 Å². The highest BCUT2D eigenvalue weighted by molar-refractivity contribution is 5.94. The Hall–Kier alpha value is -7.04. The molecule has 2 unspecified atom stereocenters. The highest BCUT2D eigenvalue weighted by Gasteiger charge is 2.20. The molecule has 2 atom stereocenters. The second-order valence-electron chi connectivity index (χ2n) is 14.6. The van der Waals surface area contributed by atoms with Crippen molar-refractivity contribution in [3.8, 4) is 56.2 Å². The smallest absolute Gasteiger partial charge is 0.163 e. The van der Waals surface area contributed by atoms with E-state index in [1.807, 2.05) is 30.5 Å². The molecule has 2 heterocycles. The van der Waals surface area contributed by atoms with Crippen LogP contribution in [0.2, 0.25) is 0 Å². The second-order valence-corrected chi connectivity index (χ2v) is 14.6. The first kappa shape index (κ1) is 33.5. The fraction of sp³-hybridized carbons (Fsp3) is 0.0769. The summed E-state index contributed by atoms with van der Waals surface area (Å²) in [6.07, 6.45) is 25.8. The van der Waals surface area contributed by atoms with E-state index >= 15 is 0 Å². The molecule has 0 saturated heterocycles. The summed E-state index contributed by atoms with van der Waals surface area (Å²) in [6.45, 7) is 0. The van der Waals surface area contributed by atoms with Gasteiger partial charge in [-0.2, -0.15) is 0 Å². The summed E-state index contributed by atoms with van der Waals surface area (Å²) >= 11 is 0. The number of pyridine rings is 1. The number of nitrogens with zero attached hydrogens (tertiary/aromatic N) is 4. The van der Waals surface area contributed by atoms with Gasteiger partial charge >= 0.3 is 0 Å². The number of aromatic nitrogens is 4. The third kappa shape index (κ3) is 6.56. The molecule has 0 N–H and O–H groups in total. The Morgan fingerprint density at radius 1 is 0.446 bits per heavy atom. The molecule has 56 heavy (non-hydrogen) atoms. The zero-order valence-electron chi connectivity index (χ0n) is 30.8.